The fraction of sp³-hybridized carbons (Fsp3) is 0.182. The molecular weight excluding hydrogens is 342 g/mol. The van der Waals surface area contributed by atoms with Crippen LogP contribution in [0.3, 0.4) is 0 Å². The Bertz CT molecular complexity index is 955. The van der Waals surface area contributed by atoms with Gasteiger partial charge in [0.1, 0.15) is 5.75 Å². The van der Waals surface area contributed by atoms with Crippen molar-refractivity contribution in [2.75, 3.05) is 7.11 Å². The van der Waals surface area contributed by atoms with Gasteiger partial charge in [0.25, 0.3) is 5.91 Å². The van der Waals surface area contributed by atoms with Crippen LogP contribution in [0.25, 0.3) is 6.08 Å². The first-order chi connectivity index (χ1) is 12.9. The van der Waals surface area contributed by atoms with E-state index < -0.39 is 5.97 Å². The molecule has 5 heteroatoms. The third-order valence-electron chi connectivity index (χ3n) is 4.60. The second-order valence-electron chi connectivity index (χ2n) is 6.45. The number of phenols is 1. The highest BCUT2D eigenvalue weighted by Gasteiger charge is 2.37. The Morgan fingerprint density at radius 2 is 1.78 bits per heavy atom. The van der Waals surface area contributed by atoms with Gasteiger partial charge in [-0.15, -0.1) is 0 Å². The highest BCUT2D eigenvalue weighted by molar-refractivity contribution is 6.16. The van der Waals surface area contributed by atoms with Crippen LogP contribution in [0.4, 0.5) is 0 Å². The number of methoxy groups -OCH3 is 1. The normalized spacial score (nSPS) is 15.6. The lowest BCUT2D eigenvalue weighted by molar-refractivity contribution is -0.136. The Balaban J connectivity index is 2.04. The second kappa shape index (κ2) is 7.50. The van der Waals surface area contributed by atoms with Crippen molar-refractivity contribution in [1.29, 1.82) is 0 Å². The van der Waals surface area contributed by atoms with Crippen LogP contribution >= 0.6 is 0 Å². The third-order valence-corrected chi connectivity index (χ3v) is 4.60. The molecule has 0 radical (unpaired) electrons. The van der Waals surface area contributed by atoms with Gasteiger partial charge in [0.15, 0.2) is 0 Å². The zero-order valence-corrected chi connectivity index (χ0v) is 15.5. The number of amides is 1. The number of carbonyl (C=O) groups is 2. The van der Waals surface area contributed by atoms with E-state index in [1.54, 1.807) is 30.0 Å². The predicted molar refractivity (Wildman–Crippen MR) is 103 cm³/mol. The molecule has 138 valence electrons. The molecule has 1 N–H and O–H groups in total. The summed E-state index contributed by atoms with van der Waals surface area (Å²) in [5.41, 5.74) is 3.53. The lowest BCUT2D eigenvalue weighted by Gasteiger charge is -2.18. The molecular formula is C22H21NO4. The number of hydrogen-bond donors (Lipinski definition) is 1. The van der Waals surface area contributed by atoms with Crippen LogP contribution in [-0.2, 0) is 20.9 Å². The van der Waals surface area contributed by atoms with Gasteiger partial charge in [0.05, 0.1) is 24.8 Å². The summed E-state index contributed by atoms with van der Waals surface area (Å²) in [7, 11) is 1.29. The molecule has 0 unspecified atom stereocenters. The van der Waals surface area contributed by atoms with Crippen molar-refractivity contribution in [3.8, 4) is 5.75 Å². The SMILES string of the molecule is COC(=O)C1=C(C)N(Cc2ccc(C)cc2)C(=O)C1=Cc1ccccc1O. The van der Waals surface area contributed by atoms with Gasteiger partial charge in [0, 0.05) is 11.3 Å². The molecule has 27 heavy (non-hydrogen) atoms. The van der Waals surface area contributed by atoms with Gasteiger partial charge >= 0.3 is 5.97 Å². The number of ether oxygens (including phenoxy) is 1. The molecule has 0 saturated heterocycles. The highest BCUT2D eigenvalue weighted by atomic mass is 16.5. The first-order valence-electron chi connectivity index (χ1n) is 8.59. The summed E-state index contributed by atoms with van der Waals surface area (Å²) >= 11 is 0. The number of nitrogens with zero attached hydrogens (tertiary/aromatic N) is 1. The van der Waals surface area contributed by atoms with Crippen molar-refractivity contribution in [3.63, 3.8) is 0 Å². The maximum absolute atomic E-state index is 13.1. The quantitative estimate of drug-likeness (QED) is 0.666. The first kappa shape index (κ1) is 18.5. The molecule has 0 saturated carbocycles. The number of esters is 1. The van der Waals surface area contributed by atoms with Crippen molar-refractivity contribution in [1.82, 2.24) is 4.90 Å². The minimum atomic E-state index is -0.575. The van der Waals surface area contributed by atoms with Gasteiger partial charge in [-0.05, 0) is 31.6 Å². The van der Waals surface area contributed by atoms with E-state index in [0.717, 1.165) is 11.1 Å². The molecule has 2 aromatic carbocycles. The highest BCUT2D eigenvalue weighted by Crippen LogP contribution is 2.34. The molecule has 1 aliphatic rings. The molecule has 1 heterocycles. The maximum atomic E-state index is 13.1. The number of aryl methyl sites for hydroxylation is 1. The fourth-order valence-electron chi connectivity index (χ4n) is 3.06. The van der Waals surface area contributed by atoms with Crippen molar-refractivity contribution in [3.05, 3.63) is 82.1 Å². The minimum absolute atomic E-state index is 0.0386. The Morgan fingerprint density at radius 1 is 1.11 bits per heavy atom. The molecule has 0 aromatic heterocycles. The Kier molecular flexibility index (Phi) is 5.12. The van der Waals surface area contributed by atoms with Crippen LogP contribution in [0.1, 0.15) is 23.6 Å². The molecule has 0 atom stereocenters. The molecule has 5 nitrogen and oxygen atoms in total. The van der Waals surface area contributed by atoms with Crippen LogP contribution in [0.15, 0.2) is 65.4 Å². The summed E-state index contributed by atoms with van der Waals surface area (Å²) < 4.78 is 4.89. The van der Waals surface area contributed by atoms with Gasteiger partial charge in [-0.25, -0.2) is 4.79 Å². The number of hydrogen-bond acceptors (Lipinski definition) is 4. The van der Waals surface area contributed by atoms with Crippen molar-refractivity contribution in [2.45, 2.75) is 20.4 Å². The molecule has 3 rings (SSSR count). The van der Waals surface area contributed by atoms with E-state index in [0.29, 0.717) is 17.8 Å². The zero-order chi connectivity index (χ0) is 19.6. The number of para-hydroxylation sites is 1. The van der Waals surface area contributed by atoms with Crippen molar-refractivity contribution >= 4 is 18.0 Å². The summed E-state index contributed by atoms with van der Waals surface area (Å²) in [4.78, 5) is 27.0. The van der Waals surface area contributed by atoms with Crippen LogP contribution in [0.2, 0.25) is 0 Å². The summed E-state index contributed by atoms with van der Waals surface area (Å²) in [6.45, 7) is 4.08. The monoisotopic (exact) mass is 363 g/mol. The lowest BCUT2D eigenvalue weighted by Crippen LogP contribution is -2.24. The van der Waals surface area contributed by atoms with Gasteiger partial charge < -0.3 is 14.7 Å². The minimum Gasteiger partial charge on any atom is -0.507 e. The van der Waals surface area contributed by atoms with E-state index in [1.807, 2.05) is 31.2 Å². The van der Waals surface area contributed by atoms with E-state index in [1.165, 1.54) is 19.3 Å². The van der Waals surface area contributed by atoms with Crippen LogP contribution in [0.5, 0.6) is 5.75 Å². The molecule has 0 spiro atoms. The first-order valence-corrected chi connectivity index (χ1v) is 8.59. The molecule has 2 aromatic rings. The van der Waals surface area contributed by atoms with E-state index in [4.69, 9.17) is 4.74 Å². The van der Waals surface area contributed by atoms with Crippen molar-refractivity contribution < 1.29 is 19.4 Å². The number of rotatable bonds is 4. The molecule has 0 bridgehead atoms. The van der Waals surface area contributed by atoms with Crippen LogP contribution in [-0.4, -0.2) is 29.0 Å². The molecule has 1 aliphatic heterocycles. The van der Waals surface area contributed by atoms with Crippen LogP contribution in [0, 0.1) is 6.92 Å². The number of benzene rings is 2. The van der Waals surface area contributed by atoms with E-state index in [9.17, 15) is 14.7 Å². The summed E-state index contributed by atoms with van der Waals surface area (Å²) in [6.07, 6.45) is 1.53. The third kappa shape index (κ3) is 3.62. The zero-order valence-electron chi connectivity index (χ0n) is 15.5. The fourth-order valence-corrected chi connectivity index (χ4v) is 3.06. The van der Waals surface area contributed by atoms with Gasteiger partial charge in [-0.3, -0.25) is 4.79 Å². The Hall–Kier alpha value is -3.34. The molecule has 0 fully saturated rings. The van der Waals surface area contributed by atoms with Gasteiger partial charge in [0.2, 0.25) is 0 Å². The summed E-state index contributed by atoms with van der Waals surface area (Å²) in [6, 6.07) is 14.5. The summed E-state index contributed by atoms with van der Waals surface area (Å²) in [5, 5.41) is 10.0. The average Bonchev–Trinajstić information content (AvgIpc) is 2.89. The van der Waals surface area contributed by atoms with Crippen LogP contribution < -0.4 is 0 Å². The number of allylic oxidation sites excluding steroid dienone is 1. The molecule has 0 aliphatic carbocycles. The van der Waals surface area contributed by atoms with Crippen molar-refractivity contribution in [2.24, 2.45) is 0 Å². The topological polar surface area (TPSA) is 66.8 Å². The van der Waals surface area contributed by atoms with E-state index >= 15 is 0 Å². The smallest absolute Gasteiger partial charge is 0.340 e. The molecule has 1 amide bonds. The number of phenolic OH excluding ortho intramolecular Hbond substituents is 1. The summed E-state index contributed by atoms with van der Waals surface area (Å²) in [5.74, 6) is -0.831. The standard InChI is InChI=1S/C22H21NO4/c1-14-8-10-16(11-9-14)13-23-15(2)20(22(26)27-3)18(21(23)25)12-17-6-4-5-7-19(17)24/h4-12,24H,13H2,1-3H3. The Morgan fingerprint density at radius 3 is 2.41 bits per heavy atom. The maximum Gasteiger partial charge on any atom is 0.340 e. The van der Waals surface area contributed by atoms with Gasteiger partial charge in [-0.2, -0.15) is 0 Å². The number of aromatic hydroxyl groups is 1. The lowest BCUT2D eigenvalue weighted by atomic mass is 10.0. The predicted octanol–water partition coefficient (Wildman–Crippen LogP) is 3.57. The Labute approximate surface area is 158 Å². The van der Waals surface area contributed by atoms with E-state index in [2.05, 4.69) is 0 Å². The largest absolute Gasteiger partial charge is 0.507 e. The number of carbonyl (C=O) groups excluding carboxylic acids is 2. The van der Waals surface area contributed by atoms with Gasteiger partial charge in [-0.1, -0.05) is 48.0 Å². The average molecular weight is 363 g/mol. The second-order valence-corrected chi connectivity index (χ2v) is 6.45. The van der Waals surface area contributed by atoms with E-state index in [-0.39, 0.29) is 22.8 Å².